The second-order valence-corrected chi connectivity index (χ2v) is 7.42. The molecule has 1 aromatic carbocycles. The number of benzene rings is 1. The predicted octanol–water partition coefficient (Wildman–Crippen LogP) is 5.53. The van der Waals surface area contributed by atoms with Gasteiger partial charge in [0.2, 0.25) is 5.91 Å². The Morgan fingerprint density at radius 2 is 1.48 bits per heavy atom. The van der Waals surface area contributed by atoms with Gasteiger partial charge in [-0.05, 0) is 36.0 Å². The van der Waals surface area contributed by atoms with Gasteiger partial charge in [-0.25, -0.2) is 0 Å². The summed E-state index contributed by atoms with van der Waals surface area (Å²) < 4.78 is 0. The number of nitrogens with one attached hydrogen (secondary N) is 1. The van der Waals surface area contributed by atoms with Gasteiger partial charge in [0.15, 0.2) is 0 Å². The number of carbonyl (C=O) groups excluding carboxylic acids is 1. The Morgan fingerprint density at radius 3 is 2.04 bits per heavy atom. The number of amides is 1. The highest BCUT2D eigenvalue weighted by Crippen LogP contribution is 2.15. The SMILES string of the molecule is CC(C)c1ccc(/C=C/C(=O)NCCCCCCCCCCC(=O)O)cc1. The van der Waals surface area contributed by atoms with Crippen LogP contribution in [-0.2, 0) is 9.59 Å². The van der Waals surface area contributed by atoms with Crippen molar-refractivity contribution in [3.63, 3.8) is 0 Å². The number of hydrogen-bond donors (Lipinski definition) is 2. The first-order valence-electron chi connectivity index (χ1n) is 10.3. The van der Waals surface area contributed by atoms with Crippen LogP contribution in [0.25, 0.3) is 6.08 Å². The van der Waals surface area contributed by atoms with E-state index in [2.05, 4.69) is 31.3 Å². The predicted molar refractivity (Wildman–Crippen MR) is 112 cm³/mol. The molecule has 0 radical (unpaired) electrons. The molecule has 0 saturated heterocycles. The molecule has 0 unspecified atom stereocenters. The van der Waals surface area contributed by atoms with E-state index in [0.717, 1.165) is 37.7 Å². The summed E-state index contributed by atoms with van der Waals surface area (Å²) in [7, 11) is 0. The van der Waals surface area contributed by atoms with Gasteiger partial charge in [-0.2, -0.15) is 0 Å². The third-order valence-electron chi connectivity index (χ3n) is 4.65. The Bertz CT molecular complexity index is 576. The highest BCUT2D eigenvalue weighted by Gasteiger charge is 1.99. The van der Waals surface area contributed by atoms with Crippen LogP contribution in [0.2, 0.25) is 0 Å². The minimum Gasteiger partial charge on any atom is -0.481 e. The third-order valence-corrected chi connectivity index (χ3v) is 4.65. The molecule has 1 rings (SSSR count). The molecule has 1 amide bonds. The van der Waals surface area contributed by atoms with Gasteiger partial charge < -0.3 is 10.4 Å². The van der Waals surface area contributed by atoms with Crippen LogP contribution in [0.5, 0.6) is 0 Å². The van der Waals surface area contributed by atoms with Gasteiger partial charge >= 0.3 is 5.97 Å². The molecule has 2 N–H and O–H groups in total. The first-order valence-corrected chi connectivity index (χ1v) is 10.3. The molecule has 0 aliphatic carbocycles. The number of carboxylic acid groups (broad SMARTS) is 1. The minimum absolute atomic E-state index is 0.0404. The zero-order valence-electron chi connectivity index (χ0n) is 16.9. The molecule has 0 aliphatic heterocycles. The van der Waals surface area contributed by atoms with E-state index in [4.69, 9.17) is 5.11 Å². The van der Waals surface area contributed by atoms with Crippen LogP contribution in [0, 0.1) is 0 Å². The molecule has 0 fully saturated rings. The van der Waals surface area contributed by atoms with Crippen LogP contribution in [0.3, 0.4) is 0 Å². The fourth-order valence-electron chi connectivity index (χ4n) is 2.90. The molecule has 0 saturated carbocycles. The molecule has 0 spiro atoms. The summed E-state index contributed by atoms with van der Waals surface area (Å²) in [6, 6.07) is 8.30. The summed E-state index contributed by atoms with van der Waals surface area (Å²) in [6.45, 7) is 5.05. The molecule has 0 heterocycles. The van der Waals surface area contributed by atoms with E-state index in [0.29, 0.717) is 12.5 Å². The van der Waals surface area contributed by atoms with Crippen LogP contribution in [0.1, 0.15) is 88.7 Å². The largest absolute Gasteiger partial charge is 0.481 e. The van der Waals surface area contributed by atoms with Gasteiger partial charge in [0, 0.05) is 19.0 Å². The standard InChI is InChI=1S/C23H35NO3/c1-19(2)21-15-12-20(13-16-21)14-17-22(25)24-18-10-8-6-4-3-5-7-9-11-23(26)27/h12-17,19H,3-11,18H2,1-2H3,(H,24,25)(H,26,27)/b17-14+. The number of aliphatic carboxylic acids is 1. The molecule has 0 aliphatic rings. The lowest BCUT2D eigenvalue weighted by molar-refractivity contribution is -0.137. The first kappa shape index (κ1) is 22.9. The van der Waals surface area contributed by atoms with Crippen LogP contribution in [0.4, 0.5) is 0 Å². The summed E-state index contributed by atoms with van der Waals surface area (Å²) >= 11 is 0. The summed E-state index contributed by atoms with van der Waals surface area (Å²) in [5, 5.41) is 11.5. The molecule has 150 valence electrons. The van der Waals surface area contributed by atoms with Gasteiger partial charge in [0.1, 0.15) is 0 Å². The lowest BCUT2D eigenvalue weighted by Gasteiger charge is -2.05. The highest BCUT2D eigenvalue weighted by atomic mass is 16.4. The van der Waals surface area contributed by atoms with Crippen LogP contribution < -0.4 is 5.32 Å². The molecule has 27 heavy (non-hydrogen) atoms. The smallest absolute Gasteiger partial charge is 0.303 e. The topological polar surface area (TPSA) is 66.4 Å². The van der Waals surface area contributed by atoms with E-state index in [1.807, 2.05) is 18.2 Å². The fourth-order valence-corrected chi connectivity index (χ4v) is 2.90. The Labute approximate surface area is 164 Å². The monoisotopic (exact) mass is 373 g/mol. The van der Waals surface area contributed by atoms with E-state index in [1.165, 1.54) is 24.8 Å². The average molecular weight is 374 g/mol. The van der Waals surface area contributed by atoms with Gasteiger partial charge in [0.05, 0.1) is 0 Å². The van der Waals surface area contributed by atoms with Crippen molar-refractivity contribution < 1.29 is 14.7 Å². The van der Waals surface area contributed by atoms with Gasteiger partial charge in [-0.15, -0.1) is 0 Å². The third kappa shape index (κ3) is 12.0. The molecular formula is C23H35NO3. The van der Waals surface area contributed by atoms with Crippen molar-refractivity contribution in [3.05, 3.63) is 41.5 Å². The van der Waals surface area contributed by atoms with Gasteiger partial charge in [0.25, 0.3) is 0 Å². The normalized spacial score (nSPS) is 11.2. The van der Waals surface area contributed by atoms with Crippen LogP contribution in [0.15, 0.2) is 30.3 Å². The quantitative estimate of drug-likeness (QED) is 0.332. The van der Waals surface area contributed by atoms with E-state index >= 15 is 0 Å². The second-order valence-electron chi connectivity index (χ2n) is 7.42. The fraction of sp³-hybridized carbons (Fsp3) is 0.565. The number of hydrogen-bond acceptors (Lipinski definition) is 2. The van der Waals surface area contributed by atoms with E-state index in [9.17, 15) is 9.59 Å². The molecule has 0 bridgehead atoms. The Kier molecular flexibility index (Phi) is 11.9. The van der Waals surface area contributed by atoms with Crippen molar-refractivity contribution in [3.8, 4) is 0 Å². The maximum absolute atomic E-state index is 11.8. The number of unbranched alkanes of at least 4 members (excludes halogenated alkanes) is 7. The van der Waals surface area contributed by atoms with E-state index in [-0.39, 0.29) is 12.3 Å². The van der Waals surface area contributed by atoms with Crippen molar-refractivity contribution >= 4 is 18.0 Å². The van der Waals surface area contributed by atoms with Crippen molar-refractivity contribution in [2.75, 3.05) is 6.54 Å². The second kappa shape index (κ2) is 14.0. The van der Waals surface area contributed by atoms with E-state index < -0.39 is 5.97 Å². The van der Waals surface area contributed by atoms with Crippen LogP contribution in [-0.4, -0.2) is 23.5 Å². The summed E-state index contributed by atoms with van der Waals surface area (Å²) in [6.07, 6.45) is 12.3. The van der Waals surface area contributed by atoms with Crippen molar-refractivity contribution in [2.45, 2.75) is 77.6 Å². The Hall–Kier alpha value is -2.10. The van der Waals surface area contributed by atoms with Crippen molar-refractivity contribution in [1.82, 2.24) is 5.32 Å². The Morgan fingerprint density at radius 1 is 0.926 bits per heavy atom. The molecule has 0 atom stereocenters. The summed E-state index contributed by atoms with van der Waals surface area (Å²) in [5.74, 6) is -0.222. The zero-order valence-corrected chi connectivity index (χ0v) is 16.9. The molecule has 1 aromatic rings. The van der Waals surface area contributed by atoms with Gasteiger partial charge in [-0.1, -0.05) is 76.6 Å². The maximum atomic E-state index is 11.8. The molecule has 4 nitrogen and oxygen atoms in total. The Balaban J connectivity index is 2.01. The highest BCUT2D eigenvalue weighted by molar-refractivity contribution is 5.91. The summed E-state index contributed by atoms with van der Waals surface area (Å²) in [4.78, 5) is 22.2. The lowest BCUT2D eigenvalue weighted by Crippen LogP contribution is -2.21. The number of carbonyl (C=O) groups is 2. The average Bonchev–Trinajstić information content (AvgIpc) is 2.64. The lowest BCUT2D eigenvalue weighted by atomic mass is 10.0. The first-order chi connectivity index (χ1) is 13.0. The zero-order chi connectivity index (χ0) is 19.9. The van der Waals surface area contributed by atoms with E-state index in [1.54, 1.807) is 6.08 Å². The van der Waals surface area contributed by atoms with Crippen molar-refractivity contribution in [1.29, 1.82) is 0 Å². The van der Waals surface area contributed by atoms with Crippen molar-refractivity contribution in [2.24, 2.45) is 0 Å². The summed E-state index contributed by atoms with van der Waals surface area (Å²) in [5.41, 5.74) is 2.34. The number of carboxylic acids is 1. The van der Waals surface area contributed by atoms with Gasteiger partial charge in [-0.3, -0.25) is 9.59 Å². The molecule has 0 aromatic heterocycles. The van der Waals surface area contributed by atoms with Crippen LogP contribution >= 0.6 is 0 Å². The molecular weight excluding hydrogens is 338 g/mol. The molecule has 4 heteroatoms. The minimum atomic E-state index is -0.698. The number of rotatable bonds is 14. The maximum Gasteiger partial charge on any atom is 0.303 e.